The first-order chi connectivity index (χ1) is 12.5. The van der Waals surface area contributed by atoms with Crippen molar-refractivity contribution in [2.24, 2.45) is 5.92 Å². The Hall–Kier alpha value is -2.08. The summed E-state index contributed by atoms with van der Waals surface area (Å²) in [4.78, 5) is 37.5. The van der Waals surface area contributed by atoms with Crippen molar-refractivity contribution in [3.63, 3.8) is 0 Å². The third-order valence-corrected chi connectivity index (χ3v) is 4.87. The SMILES string of the molecule is COC(=O)CCCC(=O)N1CCC[C@@H](CNC(=O)c2ccccc2Cl)C1. The van der Waals surface area contributed by atoms with Crippen molar-refractivity contribution < 1.29 is 19.1 Å². The lowest BCUT2D eigenvalue weighted by atomic mass is 9.97. The minimum atomic E-state index is -0.295. The lowest BCUT2D eigenvalue weighted by molar-refractivity contribution is -0.141. The molecule has 142 valence electrons. The van der Waals surface area contributed by atoms with Crippen LogP contribution in [0.3, 0.4) is 0 Å². The Labute approximate surface area is 158 Å². The normalized spacial score (nSPS) is 16.8. The molecule has 6 nitrogen and oxygen atoms in total. The summed E-state index contributed by atoms with van der Waals surface area (Å²) in [5, 5.41) is 3.34. The number of hydrogen-bond donors (Lipinski definition) is 1. The second-order valence-electron chi connectivity index (χ2n) is 6.47. The smallest absolute Gasteiger partial charge is 0.305 e. The molecular formula is C19H25ClN2O4. The predicted octanol–water partition coefficient (Wildman–Crippen LogP) is 2.65. The summed E-state index contributed by atoms with van der Waals surface area (Å²) in [6, 6.07) is 6.93. The first kappa shape index (κ1) is 20.2. The molecule has 1 aliphatic rings. The van der Waals surface area contributed by atoms with E-state index in [1.165, 1.54) is 7.11 Å². The summed E-state index contributed by atoms with van der Waals surface area (Å²) in [6.45, 7) is 1.86. The Morgan fingerprint density at radius 1 is 1.27 bits per heavy atom. The van der Waals surface area contributed by atoms with Crippen molar-refractivity contribution in [1.82, 2.24) is 10.2 Å². The van der Waals surface area contributed by atoms with E-state index in [4.69, 9.17) is 11.6 Å². The van der Waals surface area contributed by atoms with Crippen molar-refractivity contribution in [2.75, 3.05) is 26.7 Å². The number of rotatable bonds is 7. The van der Waals surface area contributed by atoms with Gasteiger partial charge >= 0.3 is 5.97 Å². The Bertz CT molecular complexity index is 650. The van der Waals surface area contributed by atoms with Gasteiger partial charge in [-0.25, -0.2) is 0 Å². The van der Waals surface area contributed by atoms with E-state index in [0.717, 1.165) is 19.4 Å². The zero-order valence-electron chi connectivity index (χ0n) is 15.0. The van der Waals surface area contributed by atoms with Gasteiger partial charge in [-0.05, 0) is 37.3 Å². The van der Waals surface area contributed by atoms with E-state index in [1.807, 2.05) is 4.90 Å². The number of esters is 1. The summed E-state index contributed by atoms with van der Waals surface area (Å²) in [7, 11) is 1.34. The van der Waals surface area contributed by atoms with Crippen molar-refractivity contribution >= 4 is 29.4 Å². The zero-order chi connectivity index (χ0) is 18.9. The molecule has 1 heterocycles. The second kappa shape index (κ2) is 10.2. The second-order valence-corrected chi connectivity index (χ2v) is 6.87. The monoisotopic (exact) mass is 380 g/mol. The van der Waals surface area contributed by atoms with Gasteiger partial charge in [-0.1, -0.05) is 23.7 Å². The molecule has 0 radical (unpaired) electrons. The van der Waals surface area contributed by atoms with Gasteiger partial charge in [-0.15, -0.1) is 0 Å². The Morgan fingerprint density at radius 3 is 2.77 bits per heavy atom. The molecule has 0 bridgehead atoms. The maximum Gasteiger partial charge on any atom is 0.305 e. The highest BCUT2D eigenvalue weighted by molar-refractivity contribution is 6.33. The lowest BCUT2D eigenvalue weighted by Crippen LogP contribution is -2.43. The molecule has 1 N–H and O–H groups in total. The average Bonchev–Trinajstić information content (AvgIpc) is 2.66. The van der Waals surface area contributed by atoms with Crippen LogP contribution >= 0.6 is 11.6 Å². The number of likely N-dealkylation sites (tertiary alicyclic amines) is 1. The highest BCUT2D eigenvalue weighted by atomic mass is 35.5. The number of halogens is 1. The Morgan fingerprint density at radius 2 is 2.04 bits per heavy atom. The van der Waals surface area contributed by atoms with Crippen LogP contribution in [-0.4, -0.2) is 49.4 Å². The molecule has 0 saturated carbocycles. The van der Waals surface area contributed by atoms with E-state index in [9.17, 15) is 14.4 Å². The zero-order valence-corrected chi connectivity index (χ0v) is 15.8. The van der Waals surface area contributed by atoms with Gasteiger partial charge in [0, 0.05) is 32.5 Å². The summed E-state index contributed by atoms with van der Waals surface area (Å²) in [5.41, 5.74) is 0.459. The van der Waals surface area contributed by atoms with Crippen LogP contribution in [0.4, 0.5) is 0 Å². The van der Waals surface area contributed by atoms with Gasteiger partial charge in [0.15, 0.2) is 0 Å². The summed E-state index contributed by atoms with van der Waals surface area (Å²) >= 11 is 6.04. The fourth-order valence-electron chi connectivity index (χ4n) is 3.08. The molecule has 1 aromatic carbocycles. The van der Waals surface area contributed by atoms with Gasteiger partial charge in [-0.3, -0.25) is 14.4 Å². The van der Waals surface area contributed by atoms with E-state index in [2.05, 4.69) is 10.1 Å². The number of carbonyl (C=O) groups is 3. The van der Waals surface area contributed by atoms with Crippen LogP contribution in [0.25, 0.3) is 0 Å². The molecule has 2 amide bonds. The largest absolute Gasteiger partial charge is 0.469 e. The molecule has 26 heavy (non-hydrogen) atoms. The van der Waals surface area contributed by atoms with Crippen LogP contribution in [0.15, 0.2) is 24.3 Å². The van der Waals surface area contributed by atoms with E-state index in [0.29, 0.717) is 36.5 Å². The van der Waals surface area contributed by atoms with Crippen LogP contribution in [0.2, 0.25) is 5.02 Å². The van der Waals surface area contributed by atoms with Gasteiger partial charge in [0.2, 0.25) is 5.91 Å². The lowest BCUT2D eigenvalue weighted by Gasteiger charge is -2.33. The van der Waals surface area contributed by atoms with E-state index < -0.39 is 0 Å². The summed E-state index contributed by atoms with van der Waals surface area (Å²) < 4.78 is 4.58. The predicted molar refractivity (Wildman–Crippen MR) is 99.0 cm³/mol. The number of benzene rings is 1. The van der Waals surface area contributed by atoms with Gasteiger partial charge < -0.3 is 15.0 Å². The van der Waals surface area contributed by atoms with Crippen LogP contribution in [0, 0.1) is 5.92 Å². The Balaban J connectivity index is 1.77. The number of hydrogen-bond acceptors (Lipinski definition) is 4. The third kappa shape index (κ3) is 6.02. The van der Waals surface area contributed by atoms with Gasteiger partial charge in [0.1, 0.15) is 0 Å². The van der Waals surface area contributed by atoms with Crippen LogP contribution in [0.5, 0.6) is 0 Å². The van der Waals surface area contributed by atoms with Crippen molar-refractivity contribution in [3.8, 4) is 0 Å². The fourth-order valence-corrected chi connectivity index (χ4v) is 3.30. The molecule has 1 fully saturated rings. The highest BCUT2D eigenvalue weighted by Crippen LogP contribution is 2.18. The molecule has 2 rings (SSSR count). The van der Waals surface area contributed by atoms with Crippen molar-refractivity contribution in [2.45, 2.75) is 32.1 Å². The summed E-state index contributed by atoms with van der Waals surface area (Å²) in [5.74, 6) is -0.218. The number of methoxy groups -OCH3 is 1. The molecule has 0 spiro atoms. The number of ether oxygens (including phenoxy) is 1. The standard InChI is InChI=1S/C19H25ClN2O4/c1-26-18(24)10-4-9-17(23)22-11-5-6-14(13-22)12-21-19(25)15-7-2-3-8-16(15)20/h2-3,7-8,14H,4-6,9-13H2,1H3,(H,21,25)/t14-/m0/s1. The molecule has 0 aromatic heterocycles. The maximum atomic E-state index is 12.3. The number of amides is 2. The molecule has 0 aliphatic carbocycles. The molecule has 1 aliphatic heterocycles. The van der Waals surface area contributed by atoms with E-state index >= 15 is 0 Å². The van der Waals surface area contributed by atoms with Gasteiger partial charge in [0.25, 0.3) is 5.91 Å². The number of piperidine rings is 1. The molecular weight excluding hydrogens is 356 g/mol. The first-order valence-electron chi connectivity index (χ1n) is 8.88. The number of nitrogens with zero attached hydrogens (tertiary/aromatic N) is 1. The molecule has 7 heteroatoms. The fraction of sp³-hybridized carbons (Fsp3) is 0.526. The number of carbonyl (C=O) groups excluding carboxylic acids is 3. The molecule has 0 unspecified atom stereocenters. The van der Waals surface area contributed by atoms with E-state index in [-0.39, 0.29) is 30.1 Å². The molecule has 1 saturated heterocycles. The van der Waals surface area contributed by atoms with Crippen LogP contribution < -0.4 is 5.32 Å². The maximum absolute atomic E-state index is 12.3. The topological polar surface area (TPSA) is 75.7 Å². The Kier molecular flexibility index (Phi) is 7.91. The average molecular weight is 381 g/mol. The quantitative estimate of drug-likeness (QED) is 0.738. The molecule has 1 atom stereocenters. The van der Waals surface area contributed by atoms with Gasteiger partial charge in [-0.2, -0.15) is 0 Å². The molecule has 1 aromatic rings. The highest BCUT2D eigenvalue weighted by Gasteiger charge is 2.24. The minimum absolute atomic E-state index is 0.0519. The van der Waals surface area contributed by atoms with E-state index in [1.54, 1.807) is 24.3 Å². The van der Waals surface area contributed by atoms with Gasteiger partial charge in [0.05, 0.1) is 17.7 Å². The third-order valence-electron chi connectivity index (χ3n) is 4.54. The van der Waals surface area contributed by atoms with Crippen LogP contribution in [-0.2, 0) is 14.3 Å². The first-order valence-corrected chi connectivity index (χ1v) is 9.26. The van der Waals surface area contributed by atoms with Crippen LogP contribution in [0.1, 0.15) is 42.5 Å². The van der Waals surface area contributed by atoms with Crippen molar-refractivity contribution in [1.29, 1.82) is 0 Å². The number of nitrogens with one attached hydrogen (secondary N) is 1. The van der Waals surface area contributed by atoms with Crippen molar-refractivity contribution in [3.05, 3.63) is 34.9 Å². The minimum Gasteiger partial charge on any atom is -0.469 e. The summed E-state index contributed by atoms with van der Waals surface area (Å²) in [6.07, 6.45) is 2.97.